The summed E-state index contributed by atoms with van der Waals surface area (Å²) in [4.78, 5) is 0. The number of hydrogen-bond acceptors (Lipinski definition) is 4. The zero-order valence-corrected chi connectivity index (χ0v) is 19.1. The Labute approximate surface area is 173 Å². The van der Waals surface area contributed by atoms with Crippen LogP contribution in [0.5, 0.6) is 0 Å². The van der Waals surface area contributed by atoms with E-state index in [-0.39, 0.29) is 0 Å². The molecule has 5 atom stereocenters. The van der Waals surface area contributed by atoms with Gasteiger partial charge in [0, 0.05) is 25.8 Å². The Balaban J connectivity index is 1.52. The molecule has 0 N–H and O–H groups in total. The van der Waals surface area contributed by atoms with E-state index < -0.39 is 8.64 Å². The van der Waals surface area contributed by atoms with Gasteiger partial charge in [0.05, 0.1) is 0 Å². The summed E-state index contributed by atoms with van der Waals surface area (Å²) in [6, 6.07) is 1.53. The highest BCUT2D eigenvalue weighted by molar-refractivity contribution is 6.69. The van der Waals surface area contributed by atoms with Gasteiger partial charge in [0.1, 0.15) is 5.73 Å². The summed E-state index contributed by atoms with van der Waals surface area (Å²) in [5.74, 6) is 1.83. The Kier molecular flexibility index (Phi) is 6.18. The van der Waals surface area contributed by atoms with Gasteiger partial charge in [-0.1, -0.05) is 25.7 Å². The van der Waals surface area contributed by atoms with Crippen LogP contribution in [0, 0.1) is 11.8 Å². The minimum atomic E-state index is -2.31. The molecule has 2 saturated carbocycles. The maximum atomic E-state index is 6.86. The van der Waals surface area contributed by atoms with Crippen LogP contribution in [0.25, 0.3) is 0 Å². The average Bonchev–Trinajstić information content (AvgIpc) is 3.30. The third-order valence-corrected chi connectivity index (χ3v) is 13.6. The van der Waals surface area contributed by atoms with Crippen molar-refractivity contribution < 1.29 is 9.16 Å². The maximum Gasteiger partial charge on any atom is 0.387 e. The van der Waals surface area contributed by atoms with Crippen LogP contribution in [0.4, 0.5) is 0 Å². The average molecular weight is 407 g/mol. The van der Waals surface area contributed by atoms with Gasteiger partial charge in [-0.25, -0.2) is 0 Å². The van der Waals surface area contributed by atoms with Gasteiger partial charge in [0.25, 0.3) is 0 Å². The Bertz CT molecular complexity index is 489. The van der Waals surface area contributed by atoms with Crippen LogP contribution in [0.2, 0.25) is 0 Å². The minimum absolute atomic E-state index is 0.360. The fraction of sp³-hybridized carbons (Fsp3) is 1.00. The molecule has 5 rings (SSSR count). The van der Waals surface area contributed by atoms with E-state index in [0.717, 1.165) is 30.5 Å². The summed E-state index contributed by atoms with van der Waals surface area (Å²) >= 11 is 0. The van der Waals surface area contributed by atoms with Gasteiger partial charge < -0.3 is 9.16 Å². The summed E-state index contributed by atoms with van der Waals surface area (Å²) in [6.07, 6.45) is 19.5. The second-order valence-corrected chi connectivity index (χ2v) is 13.8. The van der Waals surface area contributed by atoms with Crippen LogP contribution < -0.4 is 0 Å². The van der Waals surface area contributed by atoms with Crippen LogP contribution in [0.15, 0.2) is 0 Å². The van der Waals surface area contributed by atoms with Crippen molar-refractivity contribution in [3.8, 4) is 0 Å². The fourth-order valence-corrected chi connectivity index (χ4v) is 13.1. The number of rotatable bonds is 4. The molecule has 0 aromatic carbocycles. The Morgan fingerprint density at radius 1 is 0.679 bits per heavy atom. The molecule has 5 aliphatic rings. The molecular weight excluding hydrogens is 364 g/mol. The summed E-state index contributed by atoms with van der Waals surface area (Å²) in [6.45, 7) is 3.47. The molecule has 3 saturated heterocycles. The van der Waals surface area contributed by atoms with Crippen LogP contribution in [0.3, 0.4) is 0 Å². The minimum Gasteiger partial charge on any atom is -0.393 e. The van der Waals surface area contributed by atoms with E-state index in [0.29, 0.717) is 5.73 Å². The van der Waals surface area contributed by atoms with Crippen molar-refractivity contribution in [1.29, 1.82) is 0 Å². The molecule has 4 nitrogen and oxygen atoms in total. The first-order valence-corrected chi connectivity index (χ1v) is 14.4. The van der Waals surface area contributed by atoms with Crippen molar-refractivity contribution in [2.45, 2.75) is 108 Å². The zero-order chi connectivity index (χ0) is 19.0. The van der Waals surface area contributed by atoms with E-state index >= 15 is 0 Å². The number of piperidine rings is 2. The van der Waals surface area contributed by atoms with Crippen LogP contribution in [-0.2, 0) is 9.16 Å². The van der Waals surface area contributed by atoms with Crippen LogP contribution in [0.1, 0.15) is 89.9 Å². The van der Waals surface area contributed by atoms with Gasteiger partial charge >= 0.3 is 8.64 Å². The van der Waals surface area contributed by atoms with E-state index in [9.17, 15) is 0 Å². The Morgan fingerprint density at radius 3 is 1.71 bits per heavy atom. The quantitative estimate of drug-likeness (QED) is 0.637. The topological polar surface area (TPSA) is 24.9 Å². The van der Waals surface area contributed by atoms with Gasteiger partial charge in [-0.2, -0.15) is 0 Å². The van der Waals surface area contributed by atoms with E-state index in [2.05, 4.69) is 16.2 Å². The Hall–Kier alpha value is 0.0569. The normalized spacial score (nSPS) is 42.5. The van der Waals surface area contributed by atoms with Crippen LogP contribution >= 0.6 is 0 Å². The van der Waals surface area contributed by atoms with Gasteiger partial charge in [-0.05, 0) is 89.1 Å². The third kappa shape index (κ3) is 3.33. The molecule has 28 heavy (non-hydrogen) atoms. The van der Waals surface area contributed by atoms with Crippen molar-refractivity contribution in [3.63, 3.8) is 0 Å². The van der Waals surface area contributed by atoms with E-state index in [1.54, 1.807) is 0 Å². The number of hydrogen-bond donors (Lipinski definition) is 0. The summed E-state index contributed by atoms with van der Waals surface area (Å²) in [7, 11) is -0.244. The highest BCUT2D eigenvalue weighted by atomic mass is 28.4. The van der Waals surface area contributed by atoms with Gasteiger partial charge in [-0.3, -0.25) is 9.13 Å². The molecule has 3 heterocycles. The monoisotopic (exact) mass is 406 g/mol. The molecule has 5 heteroatoms. The van der Waals surface area contributed by atoms with Crippen molar-refractivity contribution in [3.05, 3.63) is 0 Å². The molecule has 2 aliphatic carbocycles. The molecule has 0 amide bonds. The SMILES string of the molecule is CO[Si](C1CCCO1)(N1CCCC2CCCCC21)N1CCCC2CCCCC21. The lowest BCUT2D eigenvalue weighted by atomic mass is 9.79. The first-order valence-electron chi connectivity index (χ1n) is 12.5. The fourth-order valence-electron chi connectivity index (χ4n) is 7.82. The lowest BCUT2D eigenvalue weighted by molar-refractivity contribution is 0.00799. The molecule has 0 aromatic rings. The maximum absolute atomic E-state index is 6.86. The van der Waals surface area contributed by atoms with E-state index in [4.69, 9.17) is 9.16 Å². The van der Waals surface area contributed by atoms with Crippen molar-refractivity contribution in [2.75, 3.05) is 26.8 Å². The second-order valence-electron chi connectivity index (χ2n) is 10.3. The number of nitrogens with zero attached hydrogens (tertiary/aromatic N) is 2. The first kappa shape index (κ1) is 20.0. The Morgan fingerprint density at radius 2 is 1.21 bits per heavy atom. The molecule has 3 aliphatic heterocycles. The number of ether oxygens (including phenoxy) is 1. The van der Waals surface area contributed by atoms with Crippen molar-refractivity contribution in [2.24, 2.45) is 11.8 Å². The molecule has 160 valence electrons. The molecule has 0 bridgehead atoms. The molecular formula is C23H42N2O2Si. The highest BCUT2D eigenvalue weighted by Crippen LogP contribution is 2.45. The molecule has 0 radical (unpaired) electrons. The van der Waals surface area contributed by atoms with E-state index in [1.165, 1.54) is 103 Å². The lowest BCUT2D eigenvalue weighted by Gasteiger charge is -2.60. The lowest BCUT2D eigenvalue weighted by Crippen LogP contribution is -2.79. The van der Waals surface area contributed by atoms with Crippen LogP contribution in [-0.4, -0.2) is 62.4 Å². The smallest absolute Gasteiger partial charge is 0.387 e. The van der Waals surface area contributed by atoms with Crippen molar-refractivity contribution >= 4 is 8.64 Å². The third-order valence-electron chi connectivity index (χ3n) is 8.96. The molecule has 5 fully saturated rings. The van der Waals surface area contributed by atoms with Gasteiger partial charge in [-0.15, -0.1) is 0 Å². The van der Waals surface area contributed by atoms with Gasteiger partial charge in [0.15, 0.2) is 0 Å². The molecule has 0 aromatic heterocycles. The zero-order valence-electron chi connectivity index (χ0n) is 18.1. The van der Waals surface area contributed by atoms with Crippen molar-refractivity contribution in [1.82, 2.24) is 9.13 Å². The van der Waals surface area contributed by atoms with E-state index in [1.807, 2.05) is 0 Å². The largest absolute Gasteiger partial charge is 0.393 e. The highest BCUT2D eigenvalue weighted by Gasteiger charge is 2.61. The summed E-state index contributed by atoms with van der Waals surface area (Å²) < 4.78 is 19.4. The standard InChI is InChI=1S/C23H42N2O2Si/c1-26-28(23-15-8-18-27-23,24-16-6-11-19-9-2-4-13-21(19)24)25-17-7-12-20-10-3-5-14-22(20)25/h19-23H,2-18H2,1H3. The van der Waals surface area contributed by atoms with Gasteiger partial charge in [0.2, 0.25) is 0 Å². The predicted octanol–water partition coefficient (Wildman–Crippen LogP) is 4.60. The summed E-state index contributed by atoms with van der Waals surface area (Å²) in [5.41, 5.74) is 0.360. The first-order chi connectivity index (χ1) is 13.8. The summed E-state index contributed by atoms with van der Waals surface area (Å²) in [5, 5.41) is 0. The number of fused-ring (bicyclic) bond motifs is 2. The molecule has 0 spiro atoms. The predicted molar refractivity (Wildman–Crippen MR) is 115 cm³/mol. The second kappa shape index (κ2) is 8.66. The molecule has 5 unspecified atom stereocenters.